The molecule has 4 aromatic carbocycles. The second-order valence-electron chi connectivity index (χ2n) is 9.37. The molecule has 0 atom stereocenters. The van der Waals surface area contributed by atoms with Crippen molar-refractivity contribution in [3.63, 3.8) is 0 Å². The number of benzene rings is 4. The van der Waals surface area contributed by atoms with E-state index in [1.165, 1.54) is 40.7 Å². The summed E-state index contributed by atoms with van der Waals surface area (Å²) in [6.45, 7) is 0. The lowest BCUT2D eigenvalue weighted by molar-refractivity contribution is 0.389. The van der Waals surface area contributed by atoms with Crippen LogP contribution in [0.3, 0.4) is 0 Å². The fourth-order valence-corrected chi connectivity index (χ4v) is 6.76. The summed E-state index contributed by atoms with van der Waals surface area (Å²) in [5, 5.41) is 27.0. The van der Waals surface area contributed by atoms with Gasteiger partial charge in [0.05, 0.1) is 57.5 Å². The molecule has 9 nitrogen and oxygen atoms in total. The van der Waals surface area contributed by atoms with Gasteiger partial charge in [0, 0.05) is 12.3 Å². The summed E-state index contributed by atoms with van der Waals surface area (Å²) in [5.41, 5.74) is 3.50. The van der Waals surface area contributed by atoms with Gasteiger partial charge in [-0.2, -0.15) is 10.4 Å². The molecule has 0 aliphatic carbocycles. The van der Waals surface area contributed by atoms with Crippen molar-refractivity contribution in [2.45, 2.75) is 0 Å². The maximum Gasteiger partial charge on any atom is 0.173 e. The molecule has 7 aromatic rings. The molecular formula is C32H21N5O4S2. The lowest BCUT2D eigenvalue weighted by Gasteiger charge is -2.18. The summed E-state index contributed by atoms with van der Waals surface area (Å²) < 4.78 is 21.3. The molecule has 43 heavy (non-hydrogen) atoms. The van der Waals surface area contributed by atoms with E-state index in [0.29, 0.717) is 44.6 Å². The normalized spacial score (nSPS) is 11.1. The number of phenols is 1. The third-order valence-corrected chi connectivity index (χ3v) is 8.93. The number of thiazole rings is 2. The van der Waals surface area contributed by atoms with Crippen LogP contribution in [0, 0.1) is 11.3 Å². The molecule has 7 rings (SSSR count). The topological polar surface area (TPSA) is 115 Å². The van der Waals surface area contributed by atoms with Crippen molar-refractivity contribution < 1.29 is 19.3 Å². The van der Waals surface area contributed by atoms with Crippen LogP contribution in [0.15, 0.2) is 85.2 Å². The number of aromatic hydroxyl groups is 1. The van der Waals surface area contributed by atoms with Gasteiger partial charge in [-0.25, -0.2) is 14.6 Å². The molecule has 0 aliphatic rings. The van der Waals surface area contributed by atoms with Gasteiger partial charge in [0.15, 0.2) is 11.5 Å². The average molecular weight is 604 g/mol. The van der Waals surface area contributed by atoms with Crippen LogP contribution in [0.1, 0.15) is 5.56 Å². The van der Waals surface area contributed by atoms with Crippen LogP contribution >= 0.6 is 22.7 Å². The van der Waals surface area contributed by atoms with E-state index >= 15 is 0 Å². The van der Waals surface area contributed by atoms with Crippen molar-refractivity contribution in [2.24, 2.45) is 0 Å². The second kappa shape index (κ2) is 10.8. The summed E-state index contributed by atoms with van der Waals surface area (Å²) in [6, 6.07) is 24.7. The van der Waals surface area contributed by atoms with Crippen molar-refractivity contribution in [3.8, 4) is 61.6 Å². The number of ether oxygens (including phenoxy) is 3. The van der Waals surface area contributed by atoms with Crippen molar-refractivity contribution in [2.75, 3.05) is 14.2 Å². The Morgan fingerprint density at radius 3 is 2.16 bits per heavy atom. The van der Waals surface area contributed by atoms with Gasteiger partial charge in [-0.1, -0.05) is 24.3 Å². The molecule has 0 unspecified atom stereocenters. The number of para-hydroxylation sites is 2. The van der Waals surface area contributed by atoms with Gasteiger partial charge in [-0.15, -0.1) is 22.7 Å². The first-order valence-corrected chi connectivity index (χ1v) is 14.7. The molecule has 11 heteroatoms. The number of nitrogens with zero attached hydrogens (tertiary/aromatic N) is 5. The number of hydrogen-bond donors (Lipinski definition) is 1. The molecule has 210 valence electrons. The Morgan fingerprint density at radius 1 is 0.814 bits per heavy atom. The minimum Gasteiger partial charge on any atom is -0.504 e. The number of phenolic OH excluding ortho intramolecular Hbond substituents is 1. The summed E-state index contributed by atoms with van der Waals surface area (Å²) in [5.74, 6) is 1.46. The van der Waals surface area contributed by atoms with Gasteiger partial charge in [0.2, 0.25) is 0 Å². The van der Waals surface area contributed by atoms with Crippen molar-refractivity contribution in [3.05, 3.63) is 90.8 Å². The number of hydrogen-bond acceptors (Lipinski definition) is 10. The van der Waals surface area contributed by atoms with E-state index < -0.39 is 0 Å². The Morgan fingerprint density at radius 2 is 1.51 bits per heavy atom. The summed E-state index contributed by atoms with van der Waals surface area (Å²) in [4.78, 5) is 9.63. The Bertz CT molecular complexity index is 2130. The highest BCUT2D eigenvalue weighted by Gasteiger charge is 2.27. The molecule has 0 radical (unpaired) electrons. The minimum absolute atomic E-state index is 0.148. The highest BCUT2D eigenvalue weighted by molar-refractivity contribution is 7.22. The third kappa shape index (κ3) is 4.68. The number of rotatable bonds is 7. The lowest BCUT2D eigenvalue weighted by Crippen LogP contribution is -2.03. The summed E-state index contributed by atoms with van der Waals surface area (Å²) in [6.07, 6.45) is 3.02. The van der Waals surface area contributed by atoms with E-state index in [9.17, 15) is 10.4 Å². The molecule has 3 aromatic heterocycles. The van der Waals surface area contributed by atoms with Gasteiger partial charge in [-0.3, -0.25) is 0 Å². The predicted molar refractivity (Wildman–Crippen MR) is 167 cm³/mol. The third-order valence-electron chi connectivity index (χ3n) is 6.80. The van der Waals surface area contributed by atoms with Crippen molar-refractivity contribution in [1.82, 2.24) is 19.7 Å². The number of aromatic nitrogens is 4. The second-order valence-corrected chi connectivity index (χ2v) is 11.4. The smallest absolute Gasteiger partial charge is 0.173 e. The zero-order valence-electron chi connectivity index (χ0n) is 22.8. The van der Waals surface area contributed by atoms with Crippen molar-refractivity contribution in [1.29, 1.82) is 5.26 Å². The van der Waals surface area contributed by atoms with E-state index in [0.717, 1.165) is 25.4 Å². The van der Waals surface area contributed by atoms with E-state index in [2.05, 4.69) is 11.2 Å². The molecule has 3 heterocycles. The molecule has 1 N–H and O–H groups in total. The van der Waals surface area contributed by atoms with Gasteiger partial charge in [0.25, 0.3) is 0 Å². The van der Waals surface area contributed by atoms with E-state index in [4.69, 9.17) is 24.2 Å². The fourth-order valence-electron chi connectivity index (χ4n) is 4.76. The highest BCUT2D eigenvalue weighted by atomic mass is 32.1. The van der Waals surface area contributed by atoms with Crippen LogP contribution in [0.4, 0.5) is 0 Å². The molecule has 0 amide bonds. The Kier molecular flexibility index (Phi) is 6.62. The van der Waals surface area contributed by atoms with Gasteiger partial charge < -0.3 is 19.3 Å². The van der Waals surface area contributed by atoms with E-state index in [1.807, 2.05) is 54.6 Å². The maximum atomic E-state index is 11.9. The average Bonchev–Trinajstić information content (AvgIpc) is 3.79. The number of fused-ring (bicyclic) bond motifs is 2. The minimum atomic E-state index is -0.157. The zero-order chi connectivity index (χ0) is 29.5. The van der Waals surface area contributed by atoms with Crippen LogP contribution in [0.5, 0.6) is 28.7 Å². The van der Waals surface area contributed by atoms with Crippen LogP contribution in [-0.4, -0.2) is 39.1 Å². The molecule has 0 bridgehead atoms. The molecular weight excluding hydrogens is 583 g/mol. The predicted octanol–water partition coefficient (Wildman–Crippen LogP) is 7.81. The first-order chi connectivity index (χ1) is 21.1. The van der Waals surface area contributed by atoms with Crippen LogP contribution in [-0.2, 0) is 0 Å². The lowest BCUT2D eigenvalue weighted by atomic mass is 10.1. The molecule has 0 aliphatic heterocycles. The number of nitriles is 1. The quantitative estimate of drug-likeness (QED) is 0.196. The fraction of sp³-hybridized carbons (Fsp3) is 0.0625. The molecule has 0 saturated heterocycles. The summed E-state index contributed by atoms with van der Waals surface area (Å²) in [7, 11) is 3.13. The Labute approximate surface area is 253 Å². The first kappa shape index (κ1) is 26.5. The van der Waals surface area contributed by atoms with E-state index in [1.54, 1.807) is 31.5 Å². The largest absolute Gasteiger partial charge is 0.504 e. The summed E-state index contributed by atoms with van der Waals surface area (Å²) >= 11 is 2.95. The van der Waals surface area contributed by atoms with Gasteiger partial charge in [0.1, 0.15) is 39.0 Å². The standard InChI is InChI=1S/C32H21N5O4S2/c1-39-19-11-12-23(20(13-19)31-35-21-7-3-5-9-26(21)42-31)41-25-14-24(40-2)29(37-17-18(15-33)16-34-37)28(30(25)38)32-36-22-8-4-6-10-27(22)43-32/h3-14,16-17,38H,1-2H3. The first-order valence-electron chi connectivity index (χ1n) is 13.0. The zero-order valence-corrected chi connectivity index (χ0v) is 24.4. The molecule has 0 fully saturated rings. The van der Waals surface area contributed by atoms with Gasteiger partial charge in [-0.05, 0) is 42.5 Å². The highest BCUT2D eigenvalue weighted by Crippen LogP contribution is 2.50. The molecule has 0 saturated carbocycles. The monoisotopic (exact) mass is 603 g/mol. The Balaban J connectivity index is 1.43. The Hall–Kier alpha value is -5.44. The SMILES string of the molecule is COc1ccc(Oc2cc(OC)c(-n3cc(C#N)cn3)c(-c3nc4ccccc4s3)c2O)c(-c2nc3ccccc3s2)c1. The van der Waals surface area contributed by atoms with Crippen molar-refractivity contribution >= 4 is 43.1 Å². The van der Waals surface area contributed by atoms with Crippen LogP contribution in [0.25, 0.3) is 47.3 Å². The number of methoxy groups -OCH3 is 2. The van der Waals surface area contributed by atoms with Crippen LogP contribution in [0.2, 0.25) is 0 Å². The van der Waals surface area contributed by atoms with Crippen LogP contribution < -0.4 is 14.2 Å². The van der Waals surface area contributed by atoms with E-state index in [-0.39, 0.29) is 11.5 Å². The molecule has 0 spiro atoms. The maximum absolute atomic E-state index is 11.9. The van der Waals surface area contributed by atoms with Gasteiger partial charge >= 0.3 is 0 Å².